The molecule has 5 heteroatoms. The number of hydrogen-bond acceptors (Lipinski definition) is 3. The van der Waals surface area contributed by atoms with Gasteiger partial charge in [-0.3, -0.25) is 4.79 Å². The molecule has 1 aromatic carbocycles. The molecule has 3 nitrogen and oxygen atoms in total. The number of anilines is 1. The quantitative estimate of drug-likeness (QED) is 0.622. The van der Waals surface area contributed by atoms with E-state index < -0.39 is 0 Å². The lowest BCUT2D eigenvalue weighted by Crippen LogP contribution is -2.33. The Morgan fingerprint density at radius 1 is 1.56 bits per heavy atom. The predicted molar refractivity (Wildman–Crippen MR) is 82.0 cm³/mol. The summed E-state index contributed by atoms with van der Waals surface area (Å²) in [6.07, 6.45) is 3.56. The average molecular weight is 282 g/mol. The number of hydrogen-bond donors (Lipinski definition) is 2. The summed E-state index contributed by atoms with van der Waals surface area (Å²) in [4.78, 5) is 13.4. The fourth-order valence-electron chi connectivity index (χ4n) is 1.62. The molecule has 1 aromatic rings. The first-order valence-electron chi connectivity index (χ1n) is 5.82. The Morgan fingerprint density at radius 3 is 2.83 bits per heavy atom. The molecule has 0 aliphatic carbocycles. The second kappa shape index (κ2) is 7.38. The number of carbonyl (C=O) groups excluding carboxylic acids is 1. The van der Waals surface area contributed by atoms with Gasteiger partial charge < -0.3 is 11.1 Å². The highest BCUT2D eigenvalue weighted by Crippen LogP contribution is 2.20. The number of thioether (sulfide) groups is 1. The summed E-state index contributed by atoms with van der Waals surface area (Å²) < 4.78 is 0. The van der Waals surface area contributed by atoms with E-state index in [2.05, 4.69) is 5.32 Å². The molecule has 0 saturated heterocycles. The molecule has 0 aromatic heterocycles. The van der Waals surface area contributed by atoms with Crippen LogP contribution in [0.4, 0.5) is 5.69 Å². The Labute approximate surface area is 118 Å². The third-order valence-electron chi connectivity index (χ3n) is 2.57. The monoisotopic (exact) mass is 282 g/mol. The highest BCUT2D eigenvalue weighted by Gasteiger charge is 2.20. The molecule has 3 N–H and O–H groups in total. The number of nitrogens with two attached hydrogens (primary N) is 1. The van der Waals surface area contributed by atoms with Crippen LogP contribution in [0.2, 0.25) is 0 Å². The molecule has 0 bridgehead atoms. The molecule has 0 fully saturated rings. The van der Waals surface area contributed by atoms with Crippen LogP contribution in [0.5, 0.6) is 0 Å². The molecule has 0 aliphatic rings. The maximum atomic E-state index is 12.1. The van der Waals surface area contributed by atoms with Gasteiger partial charge in [0, 0.05) is 10.6 Å². The smallest absolute Gasteiger partial charge is 0.234 e. The molecule has 1 rings (SSSR count). The number of rotatable bonds is 6. The molecule has 1 amide bonds. The van der Waals surface area contributed by atoms with Crippen LogP contribution in [0.1, 0.15) is 19.8 Å². The molecule has 0 saturated carbocycles. The van der Waals surface area contributed by atoms with E-state index in [1.54, 1.807) is 11.8 Å². The van der Waals surface area contributed by atoms with E-state index in [0.717, 1.165) is 17.0 Å². The van der Waals surface area contributed by atoms with Crippen LogP contribution < -0.4 is 11.1 Å². The lowest BCUT2D eigenvalue weighted by molar-refractivity contribution is -0.118. The van der Waals surface area contributed by atoms with Gasteiger partial charge in [-0.2, -0.15) is 0 Å². The molecule has 0 aliphatic heterocycles. The van der Waals surface area contributed by atoms with Crippen LogP contribution in [-0.4, -0.2) is 17.2 Å². The standard InChI is InChI=1S/C13H18N2OS2/c1-3-5-11(12(14)17)13(16)15-9-6-4-7-10(8-9)18-2/h4,6-8,11H,3,5H2,1-2H3,(H2,14,17)(H,15,16). The number of benzene rings is 1. The van der Waals surface area contributed by atoms with Crippen LogP contribution in [0.25, 0.3) is 0 Å². The normalized spacial score (nSPS) is 11.9. The number of amides is 1. The predicted octanol–water partition coefficient (Wildman–Crippen LogP) is 3.05. The third-order valence-corrected chi connectivity index (χ3v) is 3.58. The summed E-state index contributed by atoms with van der Waals surface area (Å²) >= 11 is 6.57. The Kier molecular flexibility index (Phi) is 6.15. The van der Waals surface area contributed by atoms with Gasteiger partial charge in [-0.15, -0.1) is 11.8 Å². The highest BCUT2D eigenvalue weighted by molar-refractivity contribution is 7.98. The second-order valence-corrected chi connectivity index (χ2v) is 5.32. The van der Waals surface area contributed by atoms with Gasteiger partial charge in [-0.05, 0) is 30.9 Å². The zero-order valence-electron chi connectivity index (χ0n) is 10.6. The zero-order valence-corrected chi connectivity index (χ0v) is 12.2. The van der Waals surface area contributed by atoms with Crippen LogP contribution in [-0.2, 0) is 4.79 Å². The SMILES string of the molecule is CCCC(C(=O)Nc1cccc(SC)c1)C(N)=S. The molecular formula is C13H18N2OS2. The highest BCUT2D eigenvalue weighted by atomic mass is 32.2. The first kappa shape index (κ1) is 15.0. The summed E-state index contributed by atoms with van der Waals surface area (Å²) in [5, 5.41) is 2.86. The minimum absolute atomic E-state index is 0.123. The van der Waals surface area contributed by atoms with Gasteiger partial charge in [-0.25, -0.2) is 0 Å². The molecule has 18 heavy (non-hydrogen) atoms. The van der Waals surface area contributed by atoms with E-state index in [9.17, 15) is 4.79 Å². The number of nitrogens with one attached hydrogen (secondary N) is 1. The fourth-order valence-corrected chi connectivity index (χ4v) is 2.31. The van der Waals surface area contributed by atoms with Gasteiger partial charge in [0.2, 0.25) is 5.91 Å². The largest absolute Gasteiger partial charge is 0.393 e. The lowest BCUT2D eigenvalue weighted by Gasteiger charge is -2.14. The van der Waals surface area contributed by atoms with Crippen LogP contribution in [0.15, 0.2) is 29.2 Å². The van der Waals surface area contributed by atoms with Gasteiger partial charge in [-0.1, -0.05) is 31.6 Å². The Hall–Kier alpha value is -1.07. The molecule has 1 atom stereocenters. The fraction of sp³-hybridized carbons (Fsp3) is 0.385. The van der Waals surface area contributed by atoms with E-state index in [0.29, 0.717) is 6.42 Å². The van der Waals surface area contributed by atoms with E-state index >= 15 is 0 Å². The van der Waals surface area contributed by atoms with Crippen molar-refractivity contribution in [2.45, 2.75) is 24.7 Å². The van der Waals surface area contributed by atoms with Crippen molar-refractivity contribution in [2.24, 2.45) is 11.7 Å². The summed E-state index contributed by atoms with van der Waals surface area (Å²) in [6, 6.07) is 7.71. The summed E-state index contributed by atoms with van der Waals surface area (Å²) in [5.74, 6) is -0.509. The van der Waals surface area contributed by atoms with E-state index in [1.807, 2.05) is 37.4 Å². The van der Waals surface area contributed by atoms with Crippen molar-refractivity contribution in [1.82, 2.24) is 0 Å². The van der Waals surface area contributed by atoms with Gasteiger partial charge in [0.05, 0.1) is 10.9 Å². The molecular weight excluding hydrogens is 264 g/mol. The summed E-state index contributed by atoms with van der Waals surface area (Å²) in [7, 11) is 0. The van der Waals surface area contributed by atoms with Crippen LogP contribution in [0, 0.1) is 5.92 Å². The Bertz CT molecular complexity index is 435. The second-order valence-electron chi connectivity index (χ2n) is 3.96. The van der Waals surface area contributed by atoms with Crippen molar-refractivity contribution in [3.05, 3.63) is 24.3 Å². The van der Waals surface area contributed by atoms with Gasteiger partial charge in [0.25, 0.3) is 0 Å². The van der Waals surface area contributed by atoms with E-state index in [4.69, 9.17) is 18.0 Å². The third kappa shape index (κ3) is 4.31. The van der Waals surface area contributed by atoms with E-state index in [-0.39, 0.29) is 16.8 Å². The first-order chi connectivity index (χ1) is 8.58. The number of thiocarbonyl (C=S) groups is 1. The average Bonchev–Trinajstić information content (AvgIpc) is 2.35. The molecule has 0 heterocycles. The number of carbonyl (C=O) groups is 1. The molecule has 98 valence electrons. The maximum absolute atomic E-state index is 12.1. The molecule has 0 radical (unpaired) electrons. The van der Waals surface area contributed by atoms with Crippen molar-refractivity contribution in [1.29, 1.82) is 0 Å². The molecule has 0 spiro atoms. The van der Waals surface area contributed by atoms with Crippen LogP contribution >= 0.6 is 24.0 Å². The van der Waals surface area contributed by atoms with Gasteiger partial charge in [0.15, 0.2) is 0 Å². The van der Waals surface area contributed by atoms with Crippen molar-refractivity contribution in [2.75, 3.05) is 11.6 Å². The summed E-state index contributed by atoms with van der Waals surface area (Å²) in [6.45, 7) is 2.01. The molecule has 1 unspecified atom stereocenters. The summed E-state index contributed by atoms with van der Waals surface area (Å²) in [5.41, 5.74) is 6.38. The van der Waals surface area contributed by atoms with Crippen molar-refractivity contribution in [3.8, 4) is 0 Å². The minimum atomic E-state index is -0.386. The van der Waals surface area contributed by atoms with Crippen molar-refractivity contribution in [3.63, 3.8) is 0 Å². The van der Waals surface area contributed by atoms with Gasteiger partial charge in [0.1, 0.15) is 0 Å². The Balaban J connectivity index is 2.75. The van der Waals surface area contributed by atoms with Crippen molar-refractivity contribution < 1.29 is 4.79 Å². The van der Waals surface area contributed by atoms with Crippen LogP contribution in [0.3, 0.4) is 0 Å². The maximum Gasteiger partial charge on any atom is 0.234 e. The first-order valence-corrected chi connectivity index (χ1v) is 7.46. The lowest BCUT2D eigenvalue weighted by atomic mass is 10.0. The minimum Gasteiger partial charge on any atom is -0.393 e. The van der Waals surface area contributed by atoms with E-state index in [1.165, 1.54) is 0 Å². The van der Waals surface area contributed by atoms with Crippen molar-refractivity contribution >= 4 is 40.6 Å². The zero-order chi connectivity index (χ0) is 13.5. The van der Waals surface area contributed by atoms with Gasteiger partial charge >= 0.3 is 0 Å². The topological polar surface area (TPSA) is 55.1 Å². The Morgan fingerprint density at radius 2 is 2.28 bits per heavy atom.